The number of nitro groups is 1. The van der Waals surface area contributed by atoms with Crippen LogP contribution in [0.1, 0.15) is 17.3 Å². The zero-order valence-electron chi connectivity index (χ0n) is 14.9. The molecule has 9 nitrogen and oxygen atoms in total. The van der Waals surface area contributed by atoms with Gasteiger partial charge in [0.2, 0.25) is 0 Å². The van der Waals surface area contributed by atoms with Gasteiger partial charge in [0.1, 0.15) is 5.69 Å². The van der Waals surface area contributed by atoms with E-state index < -0.39 is 22.9 Å². The van der Waals surface area contributed by atoms with Crippen LogP contribution in [0.15, 0.2) is 42.5 Å². The Hall–Kier alpha value is -3.62. The van der Waals surface area contributed by atoms with E-state index in [1.165, 1.54) is 57.5 Å². The van der Waals surface area contributed by atoms with E-state index in [1.54, 1.807) is 6.07 Å². The van der Waals surface area contributed by atoms with Gasteiger partial charge in [-0.2, -0.15) is 0 Å². The van der Waals surface area contributed by atoms with E-state index in [2.05, 4.69) is 10.1 Å². The number of benzene rings is 2. The molecule has 0 aliphatic carbocycles. The minimum atomic E-state index is -0.984. The molecule has 9 heteroatoms. The van der Waals surface area contributed by atoms with Crippen molar-refractivity contribution < 1.29 is 28.7 Å². The summed E-state index contributed by atoms with van der Waals surface area (Å²) in [6.07, 6.45) is -0.984. The molecule has 0 saturated heterocycles. The number of para-hydroxylation sites is 2. The van der Waals surface area contributed by atoms with Gasteiger partial charge in [-0.05, 0) is 31.2 Å². The van der Waals surface area contributed by atoms with Gasteiger partial charge in [0.05, 0.1) is 24.7 Å². The fourth-order valence-corrected chi connectivity index (χ4v) is 2.23. The fraction of sp³-hybridized carbons (Fsp3) is 0.222. The highest BCUT2D eigenvalue weighted by Gasteiger charge is 2.21. The molecule has 27 heavy (non-hydrogen) atoms. The number of amides is 1. The summed E-state index contributed by atoms with van der Waals surface area (Å²) in [6.45, 7) is 1.48. The van der Waals surface area contributed by atoms with Crippen molar-refractivity contribution in [2.45, 2.75) is 13.0 Å². The predicted molar refractivity (Wildman–Crippen MR) is 96.1 cm³/mol. The van der Waals surface area contributed by atoms with Gasteiger partial charge in [0.15, 0.2) is 17.6 Å². The standard InChI is InChI=1S/C18H18N2O7/c1-11(17(21)19-13-6-4-5-7-14(13)20(23)24)27-15-9-8-12(18(22)26-3)10-16(15)25-2/h4-11H,1-3H3,(H,19,21)/t11-/m1/s1. The van der Waals surface area contributed by atoms with Crippen molar-refractivity contribution in [2.75, 3.05) is 19.5 Å². The van der Waals surface area contributed by atoms with Crippen LogP contribution >= 0.6 is 0 Å². The molecule has 2 aromatic carbocycles. The second-order valence-electron chi connectivity index (χ2n) is 5.38. The fourth-order valence-electron chi connectivity index (χ4n) is 2.23. The van der Waals surface area contributed by atoms with Gasteiger partial charge in [0.25, 0.3) is 11.6 Å². The van der Waals surface area contributed by atoms with E-state index in [4.69, 9.17) is 9.47 Å². The number of esters is 1. The average Bonchev–Trinajstić information content (AvgIpc) is 2.67. The summed E-state index contributed by atoms with van der Waals surface area (Å²) in [5, 5.41) is 13.5. The Kier molecular flexibility index (Phi) is 6.32. The molecule has 2 rings (SSSR count). The first-order valence-electron chi connectivity index (χ1n) is 7.84. The van der Waals surface area contributed by atoms with Crippen LogP contribution in [0.3, 0.4) is 0 Å². The molecule has 0 aliphatic rings. The highest BCUT2D eigenvalue weighted by atomic mass is 16.6. The Morgan fingerprint density at radius 2 is 1.81 bits per heavy atom. The number of carbonyl (C=O) groups is 2. The van der Waals surface area contributed by atoms with Crippen LogP contribution in [0.5, 0.6) is 11.5 Å². The lowest BCUT2D eigenvalue weighted by Crippen LogP contribution is -2.30. The van der Waals surface area contributed by atoms with Gasteiger partial charge < -0.3 is 19.5 Å². The maximum Gasteiger partial charge on any atom is 0.337 e. The van der Waals surface area contributed by atoms with Gasteiger partial charge in [-0.3, -0.25) is 14.9 Å². The van der Waals surface area contributed by atoms with Crippen molar-refractivity contribution >= 4 is 23.3 Å². The number of nitrogens with one attached hydrogen (secondary N) is 1. The zero-order valence-corrected chi connectivity index (χ0v) is 14.9. The molecular formula is C18H18N2O7. The topological polar surface area (TPSA) is 117 Å². The molecule has 0 fully saturated rings. The Bertz CT molecular complexity index is 867. The van der Waals surface area contributed by atoms with Crippen molar-refractivity contribution in [3.63, 3.8) is 0 Å². The molecule has 142 valence electrons. The van der Waals surface area contributed by atoms with E-state index in [-0.39, 0.29) is 28.4 Å². The van der Waals surface area contributed by atoms with Gasteiger partial charge in [0, 0.05) is 6.07 Å². The number of carbonyl (C=O) groups excluding carboxylic acids is 2. The lowest BCUT2D eigenvalue weighted by atomic mass is 10.2. The largest absolute Gasteiger partial charge is 0.493 e. The number of nitro benzene ring substituents is 1. The van der Waals surface area contributed by atoms with Crippen LogP contribution in [-0.2, 0) is 9.53 Å². The third-order valence-electron chi connectivity index (χ3n) is 3.62. The van der Waals surface area contributed by atoms with Crippen LogP contribution in [0, 0.1) is 10.1 Å². The van der Waals surface area contributed by atoms with Crippen molar-refractivity contribution in [1.29, 1.82) is 0 Å². The SMILES string of the molecule is COC(=O)c1ccc(O[C@H](C)C(=O)Nc2ccccc2[N+](=O)[O-])c(OC)c1. The summed E-state index contributed by atoms with van der Waals surface area (Å²) >= 11 is 0. The van der Waals surface area contributed by atoms with E-state index in [0.29, 0.717) is 0 Å². The Morgan fingerprint density at radius 1 is 1.11 bits per heavy atom. The Balaban J connectivity index is 2.15. The molecule has 1 amide bonds. The Labute approximate surface area is 155 Å². The summed E-state index contributed by atoms with van der Waals surface area (Å²) in [5.74, 6) is -0.649. The first-order chi connectivity index (χ1) is 12.9. The minimum Gasteiger partial charge on any atom is -0.493 e. The normalized spacial score (nSPS) is 11.2. The predicted octanol–water partition coefficient (Wildman–Crippen LogP) is 2.80. The summed E-state index contributed by atoms with van der Waals surface area (Å²) in [4.78, 5) is 34.4. The molecule has 1 N–H and O–H groups in total. The summed E-state index contributed by atoms with van der Waals surface area (Å²) in [5.41, 5.74) is 0.104. The number of rotatable bonds is 7. The second kappa shape index (κ2) is 8.65. The molecule has 0 heterocycles. The smallest absolute Gasteiger partial charge is 0.337 e. The molecule has 0 aliphatic heterocycles. The van der Waals surface area contributed by atoms with Crippen LogP contribution in [0.25, 0.3) is 0 Å². The third-order valence-corrected chi connectivity index (χ3v) is 3.62. The average molecular weight is 374 g/mol. The molecule has 0 unspecified atom stereocenters. The lowest BCUT2D eigenvalue weighted by Gasteiger charge is -2.17. The van der Waals surface area contributed by atoms with Crippen molar-refractivity contribution in [2.24, 2.45) is 0 Å². The number of anilines is 1. The maximum absolute atomic E-state index is 12.3. The van der Waals surface area contributed by atoms with Crippen molar-refractivity contribution in [3.05, 3.63) is 58.1 Å². The van der Waals surface area contributed by atoms with Gasteiger partial charge >= 0.3 is 5.97 Å². The number of methoxy groups -OCH3 is 2. The van der Waals surface area contributed by atoms with Gasteiger partial charge in [-0.25, -0.2) is 4.79 Å². The number of hydrogen-bond donors (Lipinski definition) is 1. The Morgan fingerprint density at radius 3 is 2.44 bits per heavy atom. The van der Waals surface area contributed by atoms with E-state index in [9.17, 15) is 19.7 Å². The molecule has 0 radical (unpaired) electrons. The molecule has 2 aromatic rings. The highest BCUT2D eigenvalue weighted by Crippen LogP contribution is 2.30. The number of nitrogens with zero attached hydrogens (tertiary/aromatic N) is 1. The van der Waals surface area contributed by atoms with Crippen LogP contribution in [0.2, 0.25) is 0 Å². The molecule has 0 spiro atoms. The minimum absolute atomic E-state index is 0.0657. The van der Waals surface area contributed by atoms with Crippen LogP contribution < -0.4 is 14.8 Å². The number of ether oxygens (including phenoxy) is 3. The summed E-state index contributed by atoms with van der Waals surface area (Å²) in [6, 6.07) is 10.2. The van der Waals surface area contributed by atoms with Crippen molar-refractivity contribution in [3.8, 4) is 11.5 Å². The number of hydrogen-bond acceptors (Lipinski definition) is 7. The molecule has 0 bridgehead atoms. The zero-order chi connectivity index (χ0) is 20.0. The van der Waals surface area contributed by atoms with E-state index in [0.717, 1.165) is 0 Å². The maximum atomic E-state index is 12.3. The first kappa shape index (κ1) is 19.7. The quantitative estimate of drug-likeness (QED) is 0.450. The second-order valence-corrected chi connectivity index (χ2v) is 5.38. The molecule has 0 aromatic heterocycles. The van der Waals surface area contributed by atoms with E-state index >= 15 is 0 Å². The molecular weight excluding hydrogens is 356 g/mol. The van der Waals surface area contributed by atoms with Crippen LogP contribution in [0.4, 0.5) is 11.4 Å². The van der Waals surface area contributed by atoms with Gasteiger partial charge in [-0.15, -0.1) is 0 Å². The molecule has 1 atom stereocenters. The van der Waals surface area contributed by atoms with Crippen molar-refractivity contribution in [1.82, 2.24) is 0 Å². The molecule has 0 saturated carbocycles. The lowest BCUT2D eigenvalue weighted by molar-refractivity contribution is -0.383. The monoisotopic (exact) mass is 374 g/mol. The summed E-state index contributed by atoms with van der Waals surface area (Å²) in [7, 11) is 2.65. The summed E-state index contributed by atoms with van der Waals surface area (Å²) < 4.78 is 15.4. The highest BCUT2D eigenvalue weighted by molar-refractivity contribution is 5.96. The first-order valence-corrected chi connectivity index (χ1v) is 7.84. The third kappa shape index (κ3) is 4.72. The van der Waals surface area contributed by atoms with E-state index in [1.807, 2.05) is 0 Å². The van der Waals surface area contributed by atoms with Crippen LogP contribution in [-0.4, -0.2) is 37.1 Å². The van der Waals surface area contributed by atoms with Gasteiger partial charge in [-0.1, -0.05) is 12.1 Å².